The van der Waals surface area contributed by atoms with Crippen molar-refractivity contribution in [2.75, 3.05) is 26.2 Å². The number of likely N-dealkylation sites (tertiary alicyclic amines) is 1. The van der Waals surface area contributed by atoms with Gasteiger partial charge in [-0.2, -0.15) is 0 Å². The van der Waals surface area contributed by atoms with Crippen molar-refractivity contribution >= 4 is 5.91 Å². The van der Waals surface area contributed by atoms with Crippen molar-refractivity contribution < 1.29 is 4.79 Å². The van der Waals surface area contributed by atoms with Crippen LogP contribution in [0.15, 0.2) is 12.4 Å². The molecule has 0 saturated carbocycles. The first-order chi connectivity index (χ1) is 9.59. The predicted molar refractivity (Wildman–Crippen MR) is 79.7 cm³/mol. The zero-order valence-electron chi connectivity index (χ0n) is 12.8. The largest absolute Gasteiger partial charge is 0.353 e. The number of carbonyl (C=O) groups excluding carboxylic acids is 1. The van der Waals surface area contributed by atoms with E-state index < -0.39 is 0 Å². The fraction of sp³-hybridized carbons (Fsp3) is 0.733. The standard InChI is InChI=1S/C15H26N4O/c1-12(2)14-16-7-11-19(14)13(3)15(20)17-6-10-18-8-4-5-9-18/h7,11-13H,4-6,8-10H2,1-3H3,(H,17,20). The molecule has 1 atom stereocenters. The normalized spacial score (nSPS) is 17.6. The van der Waals surface area contributed by atoms with Gasteiger partial charge in [-0.3, -0.25) is 4.79 Å². The number of carbonyl (C=O) groups is 1. The molecule has 1 amide bonds. The van der Waals surface area contributed by atoms with Gasteiger partial charge in [0.2, 0.25) is 5.91 Å². The topological polar surface area (TPSA) is 50.2 Å². The fourth-order valence-electron chi connectivity index (χ4n) is 2.72. The molecule has 5 heteroatoms. The molecule has 0 aliphatic carbocycles. The van der Waals surface area contributed by atoms with Crippen LogP contribution in [0.4, 0.5) is 0 Å². The Balaban J connectivity index is 1.83. The highest BCUT2D eigenvalue weighted by Gasteiger charge is 2.19. The number of hydrogen-bond donors (Lipinski definition) is 1. The summed E-state index contributed by atoms with van der Waals surface area (Å²) in [5.74, 6) is 1.36. The fourth-order valence-corrected chi connectivity index (χ4v) is 2.72. The maximum absolute atomic E-state index is 12.2. The Labute approximate surface area is 121 Å². The zero-order chi connectivity index (χ0) is 14.5. The molecule has 1 saturated heterocycles. The van der Waals surface area contributed by atoms with Gasteiger partial charge in [0.15, 0.2) is 0 Å². The average Bonchev–Trinajstić information content (AvgIpc) is 3.08. The lowest BCUT2D eigenvalue weighted by Crippen LogP contribution is -2.37. The third-order valence-electron chi connectivity index (χ3n) is 3.94. The second kappa shape index (κ2) is 6.88. The molecule has 20 heavy (non-hydrogen) atoms. The Bertz CT molecular complexity index is 435. The molecule has 0 spiro atoms. The monoisotopic (exact) mass is 278 g/mol. The average molecular weight is 278 g/mol. The maximum atomic E-state index is 12.2. The summed E-state index contributed by atoms with van der Waals surface area (Å²) in [6, 6.07) is -0.200. The molecule has 2 heterocycles. The van der Waals surface area contributed by atoms with Gasteiger partial charge in [-0.25, -0.2) is 4.98 Å². The van der Waals surface area contributed by atoms with Gasteiger partial charge < -0.3 is 14.8 Å². The van der Waals surface area contributed by atoms with E-state index in [-0.39, 0.29) is 11.9 Å². The molecule has 1 aliphatic heterocycles. The van der Waals surface area contributed by atoms with Gasteiger partial charge >= 0.3 is 0 Å². The summed E-state index contributed by atoms with van der Waals surface area (Å²) >= 11 is 0. The van der Waals surface area contributed by atoms with Crippen molar-refractivity contribution in [1.29, 1.82) is 0 Å². The molecule has 1 unspecified atom stereocenters. The van der Waals surface area contributed by atoms with Gasteiger partial charge in [0.25, 0.3) is 0 Å². The Hall–Kier alpha value is -1.36. The summed E-state index contributed by atoms with van der Waals surface area (Å²) in [4.78, 5) is 19.0. The van der Waals surface area contributed by atoms with Crippen LogP contribution in [0.1, 0.15) is 51.4 Å². The summed E-state index contributed by atoms with van der Waals surface area (Å²) in [6.45, 7) is 10.1. The predicted octanol–water partition coefficient (Wildman–Crippen LogP) is 1.78. The van der Waals surface area contributed by atoms with E-state index in [0.717, 1.165) is 18.9 Å². The minimum absolute atomic E-state index is 0.0732. The van der Waals surface area contributed by atoms with E-state index in [1.54, 1.807) is 6.20 Å². The number of nitrogens with one attached hydrogen (secondary N) is 1. The third-order valence-corrected chi connectivity index (χ3v) is 3.94. The quantitative estimate of drug-likeness (QED) is 0.863. The highest BCUT2D eigenvalue weighted by molar-refractivity contribution is 5.79. The Kier molecular flexibility index (Phi) is 5.17. The van der Waals surface area contributed by atoms with E-state index in [9.17, 15) is 4.79 Å². The zero-order valence-corrected chi connectivity index (χ0v) is 12.8. The van der Waals surface area contributed by atoms with Gasteiger partial charge in [-0.15, -0.1) is 0 Å². The molecule has 1 N–H and O–H groups in total. The van der Waals surface area contributed by atoms with Crippen LogP contribution in [0.3, 0.4) is 0 Å². The molecule has 0 bridgehead atoms. The highest BCUT2D eigenvalue weighted by Crippen LogP contribution is 2.17. The molecule has 1 aromatic heterocycles. The summed E-state index contributed by atoms with van der Waals surface area (Å²) in [6.07, 6.45) is 6.23. The van der Waals surface area contributed by atoms with Gasteiger partial charge in [0, 0.05) is 31.4 Å². The van der Waals surface area contributed by atoms with Crippen LogP contribution in [0.5, 0.6) is 0 Å². The number of hydrogen-bond acceptors (Lipinski definition) is 3. The van der Waals surface area contributed by atoms with E-state index in [1.165, 1.54) is 25.9 Å². The van der Waals surface area contributed by atoms with Crippen molar-refractivity contribution in [2.45, 2.75) is 45.6 Å². The van der Waals surface area contributed by atoms with Crippen molar-refractivity contribution in [3.63, 3.8) is 0 Å². The van der Waals surface area contributed by atoms with Gasteiger partial charge in [-0.1, -0.05) is 13.8 Å². The van der Waals surface area contributed by atoms with Crippen LogP contribution in [-0.2, 0) is 4.79 Å². The maximum Gasteiger partial charge on any atom is 0.242 e. The van der Waals surface area contributed by atoms with Gasteiger partial charge in [0.1, 0.15) is 11.9 Å². The second-order valence-electron chi connectivity index (χ2n) is 5.86. The summed E-state index contributed by atoms with van der Waals surface area (Å²) < 4.78 is 1.97. The van der Waals surface area contributed by atoms with E-state index in [2.05, 4.69) is 29.0 Å². The molecular formula is C15H26N4O. The molecule has 112 valence electrons. The van der Waals surface area contributed by atoms with Gasteiger partial charge in [-0.05, 0) is 32.9 Å². The van der Waals surface area contributed by atoms with Crippen LogP contribution >= 0.6 is 0 Å². The van der Waals surface area contributed by atoms with Crippen molar-refractivity contribution in [3.05, 3.63) is 18.2 Å². The van der Waals surface area contributed by atoms with E-state index in [4.69, 9.17) is 0 Å². The molecule has 0 aromatic carbocycles. The third kappa shape index (κ3) is 3.60. The number of amides is 1. The van der Waals surface area contributed by atoms with Crippen molar-refractivity contribution in [2.24, 2.45) is 0 Å². The van der Waals surface area contributed by atoms with Crippen LogP contribution in [-0.4, -0.2) is 46.5 Å². The molecule has 1 fully saturated rings. The summed E-state index contributed by atoms with van der Waals surface area (Å²) in [7, 11) is 0. The van der Waals surface area contributed by atoms with Crippen molar-refractivity contribution in [1.82, 2.24) is 19.8 Å². The second-order valence-corrected chi connectivity index (χ2v) is 5.86. The number of rotatable bonds is 6. The Morgan fingerprint density at radius 2 is 2.05 bits per heavy atom. The minimum Gasteiger partial charge on any atom is -0.353 e. The lowest BCUT2D eigenvalue weighted by Gasteiger charge is -2.19. The number of nitrogens with zero attached hydrogens (tertiary/aromatic N) is 3. The molecule has 1 aromatic rings. The molecular weight excluding hydrogens is 252 g/mol. The summed E-state index contributed by atoms with van der Waals surface area (Å²) in [5, 5.41) is 3.03. The lowest BCUT2D eigenvalue weighted by molar-refractivity contribution is -0.123. The number of aromatic nitrogens is 2. The Morgan fingerprint density at radius 3 is 2.70 bits per heavy atom. The lowest BCUT2D eigenvalue weighted by atomic mass is 10.2. The first-order valence-electron chi connectivity index (χ1n) is 7.62. The molecule has 1 aliphatic rings. The van der Waals surface area contributed by atoms with Gasteiger partial charge in [0.05, 0.1) is 0 Å². The van der Waals surface area contributed by atoms with E-state index in [1.807, 2.05) is 17.7 Å². The summed E-state index contributed by atoms with van der Waals surface area (Å²) in [5.41, 5.74) is 0. The van der Waals surface area contributed by atoms with Crippen LogP contribution < -0.4 is 5.32 Å². The highest BCUT2D eigenvalue weighted by atomic mass is 16.2. The molecule has 2 rings (SSSR count). The van der Waals surface area contributed by atoms with Crippen molar-refractivity contribution in [3.8, 4) is 0 Å². The van der Waals surface area contributed by atoms with Crippen LogP contribution in [0, 0.1) is 0 Å². The molecule has 5 nitrogen and oxygen atoms in total. The molecule has 0 radical (unpaired) electrons. The van der Waals surface area contributed by atoms with Crippen LogP contribution in [0.25, 0.3) is 0 Å². The van der Waals surface area contributed by atoms with Crippen LogP contribution in [0.2, 0.25) is 0 Å². The minimum atomic E-state index is -0.200. The van der Waals surface area contributed by atoms with E-state index >= 15 is 0 Å². The first-order valence-corrected chi connectivity index (χ1v) is 7.62. The Morgan fingerprint density at radius 1 is 1.35 bits per heavy atom. The SMILES string of the molecule is CC(C)c1nccn1C(C)C(=O)NCCN1CCCC1. The van der Waals surface area contributed by atoms with E-state index in [0.29, 0.717) is 5.92 Å². The smallest absolute Gasteiger partial charge is 0.242 e. The first kappa shape index (κ1) is 15.0. The number of imidazole rings is 1.